The number of benzene rings is 2. The molecule has 0 amide bonds. The maximum absolute atomic E-state index is 4.65. The molecule has 3 aromatic rings. The number of para-hydroxylation sites is 2. The van der Waals surface area contributed by atoms with E-state index in [4.69, 9.17) is 0 Å². The van der Waals surface area contributed by atoms with Crippen LogP contribution in [-0.2, 0) is 13.1 Å². The van der Waals surface area contributed by atoms with Crippen molar-refractivity contribution in [2.24, 2.45) is 4.99 Å². The third-order valence-electron chi connectivity index (χ3n) is 5.87. The topological polar surface area (TPSA) is 57.5 Å². The average molecular weight is 405 g/mol. The number of fused-ring (bicyclic) bond motifs is 1. The van der Waals surface area contributed by atoms with Gasteiger partial charge in [0.1, 0.15) is 5.82 Å². The van der Waals surface area contributed by atoms with Crippen molar-refractivity contribution in [3.05, 3.63) is 66.0 Å². The molecule has 1 aromatic heterocycles. The number of aliphatic imine (C=N–C) groups is 1. The summed E-state index contributed by atoms with van der Waals surface area (Å²) >= 11 is 0. The Balaban J connectivity index is 1.23. The molecular formula is C24H32N6. The second-order valence-corrected chi connectivity index (χ2v) is 7.98. The smallest absolute Gasteiger partial charge is 0.191 e. The van der Waals surface area contributed by atoms with E-state index < -0.39 is 0 Å². The fourth-order valence-corrected chi connectivity index (χ4v) is 4.23. The number of hydrogen-bond acceptors (Lipinski definition) is 3. The molecule has 0 aliphatic carbocycles. The van der Waals surface area contributed by atoms with E-state index in [-0.39, 0.29) is 0 Å². The third kappa shape index (κ3) is 5.00. The van der Waals surface area contributed by atoms with Gasteiger partial charge in [-0.3, -0.25) is 9.89 Å². The normalized spacial score (nSPS) is 16.1. The van der Waals surface area contributed by atoms with Crippen molar-refractivity contribution in [1.82, 2.24) is 25.1 Å². The highest BCUT2D eigenvalue weighted by Crippen LogP contribution is 2.15. The van der Waals surface area contributed by atoms with Crippen LogP contribution in [0.2, 0.25) is 0 Å². The first kappa shape index (κ1) is 20.4. The van der Waals surface area contributed by atoms with Crippen LogP contribution in [0.1, 0.15) is 24.2 Å². The molecule has 0 atom stereocenters. The largest absolute Gasteiger partial charge is 0.355 e. The minimum atomic E-state index is 0.471. The highest BCUT2D eigenvalue weighted by molar-refractivity contribution is 5.80. The molecule has 4 rings (SSSR count). The number of nitrogens with one attached hydrogen (secondary N) is 2. The maximum Gasteiger partial charge on any atom is 0.191 e. The Hall–Kier alpha value is -2.86. The molecular weight excluding hydrogens is 372 g/mol. The van der Waals surface area contributed by atoms with E-state index >= 15 is 0 Å². The van der Waals surface area contributed by atoms with Crippen LogP contribution in [0.3, 0.4) is 0 Å². The third-order valence-corrected chi connectivity index (χ3v) is 5.87. The van der Waals surface area contributed by atoms with E-state index in [9.17, 15) is 0 Å². The summed E-state index contributed by atoms with van der Waals surface area (Å²) in [7, 11) is 1.84. The molecule has 2 heterocycles. The predicted octanol–water partition coefficient (Wildman–Crippen LogP) is 3.17. The minimum Gasteiger partial charge on any atom is -0.355 e. The zero-order valence-corrected chi connectivity index (χ0v) is 18.0. The molecule has 30 heavy (non-hydrogen) atoms. The Labute approximate surface area is 179 Å². The highest BCUT2D eigenvalue weighted by Gasteiger charge is 2.20. The van der Waals surface area contributed by atoms with Gasteiger partial charge in [0.05, 0.1) is 11.0 Å². The number of nitrogens with zero attached hydrogens (tertiary/aromatic N) is 4. The zero-order chi connectivity index (χ0) is 20.8. The van der Waals surface area contributed by atoms with Crippen molar-refractivity contribution in [1.29, 1.82) is 0 Å². The zero-order valence-electron chi connectivity index (χ0n) is 18.0. The van der Waals surface area contributed by atoms with Gasteiger partial charge in [-0.1, -0.05) is 42.5 Å². The van der Waals surface area contributed by atoms with E-state index in [1.807, 2.05) is 13.1 Å². The van der Waals surface area contributed by atoms with Gasteiger partial charge in [-0.05, 0) is 37.5 Å². The second kappa shape index (κ2) is 9.76. The van der Waals surface area contributed by atoms with Crippen LogP contribution in [0, 0.1) is 6.92 Å². The fraction of sp³-hybridized carbons (Fsp3) is 0.417. The Kier molecular flexibility index (Phi) is 6.64. The average Bonchev–Trinajstić information content (AvgIpc) is 3.10. The lowest BCUT2D eigenvalue weighted by molar-refractivity contribution is 0.198. The lowest BCUT2D eigenvalue weighted by Gasteiger charge is -2.33. The maximum atomic E-state index is 4.65. The van der Waals surface area contributed by atoms with Gasteiger partial charge >= 0.3 is 0 Å². The van der Waals surface area contributed by atoms with Crippen molar-refractivity contribution < 1.29 is 0 Å². The molecule has 158 valence electrons. The van der Waals surface area contributed by atoms with Gasteiger partial charge in [0.15, 0.2) is 5.96 Å². The van der Waals surface area contributed by atoms with Crippen molar-refractivity contribution >= 4 is 17.0 Å². The van der Waals surface area contributed by atoms with Crippen LogP contribution in [-0.4, -0.2) is 53.1 Å². The molecule has 0 saturated carbocycles. The molecule has 0 radical (unpaired) electrons. The Bertz CT molecular complexity index is 970. The molecule has 1 aliphatic rings. The van der Waals surface area contributed by atoms with Crippen LogP contribution in [0.25, 0.3) is 11.0 Å². The first-order valence-electron chi connectivity index (χ1n) is 10.9. The first-order chi connectivity index (χ1) is 14.7. The summed E-state index contributed by atoms with van der Waals surface area (Å²) < 4.78 is 2.26. The summed E-state index contributed by atoms with van der Waals surface area (Å²) in [5.74, 6) is 1.94. The van der Waals surface area contributed by atoms with E-state index in [1.165, 1.54) is 11.1 Å². The number of aryl methyl sites for hydroxylation is 1. The SMILES string of the molecule is CN=C(NCCn1c(C)nc2ccccc21)NC1CCN(Cc2ccccc2)CC1. The number of guanidine groups is 1. The number of likely N-dealkylation sites (tertiary alicyclic amines) is 1. The number of piperidine rings is 1. The minimum absolute atomic E-state index is 0.471. The molecule has 0 spiro atoms. The summed E-state index contributed by atoms with van der Waals surface area (Å²) in [4.78, 5) is 11.6. The molecule has 6 nitrogen and oxygen atoms in total. The van der Waals surface area contributed by atoms with Crippen LogP contribution < -0.4 is 10.6 Å². The van der Waals surface area contributed by atoms with Gasteiger partial charge in [0, 0.05) is 45.8 Å². The number of rotatable bonds is 6. The van der Waals surface area contributed by atoms with E-state index in [2.05, 4.69) is 85.5 Å². The molecule has 1 fully saturated rings. The monoisotopic (exact) mass is 404 g/mol. The summed E-state index contributed by atoms with van der Waals surface area (Å²) in [5.41, 5.74) is 3.63. The fourth-order valence-electron chi connectivity index (χ4n) is 4.23. The molecule has 1 aliphatic heterocycles. The van der Waals surface area contributed by atoms with E-state index in [0.29, 0.717) is 6.04 Å². The Morgan fingerprint density at radius 2 is 1.80 bits per heavy atom. The molecule has 0 bridgehead atoms. The standard InChI is InChI=1S/C24H32N6/c1-19-27-22-10-6-7-11-23(22)30(19)17-14-26-24(25-2)28-21-12-15-29(16-13-21)18-20-8-4-3-5-9-20/h3-11,21H,12-18H2,1-2H3,(H2,25,26,28). The lowest BCUT2D eigenvalue weighted by atomic mass is 10.0. The van der Waals surface area contributed by atoms with E-state index in [1.54, 1.807) is 0 Å². The van der Waals surface area contributed by atoms with Crippen LogP contribution in [0.4, 0.5) is 0 Å². The van der Waals surface area contributed by atoms with Gasteiger partial charge < -0.3 is 15.2 Å². The number of imidazole rings is 1. The molecule has 0 unspecified atom stereocenters. The summed E-state index contributed by atoms with van der Waals surface area (Å²) in [6, 6.07) is 19.5. The Morgan fingerprint density at radius 3 is 2.57 bits per heavy atom. The van der Waals surface area contributed by atoms with Gasteiger partial charge in [-0.15, -0.1) is 0 Å². The lowest BCUT2D eigenvalue weighted by Crippen LogP contribution is -2.49. The highest BCUT2D eigenvalue weighted by atomic mass is 15.2. The molecule has 1 saturated heterocycles. The van der Waals surface area contributed by atoms with Gasteiger partial charge in [-0.25, -0.2) is 4.98 Å². The summed E-state index contributed by atoms with van der Waals surface area (Å²) in [5, 5.41) is 7.08. The summed E-state index contributed by atoms with van der Waals surface area (Å²) in [6.07, 6.45) is 2.28. The number of hydrogen-bond donors (Lipinski definition) is 2. The van der Waals surface area contributed by atoms with Gasteiger partial charge in [0.25, 0.3) is 0 Å². The molecule has 6 heteroatoms. The predicted molar refractivity (Wildman–Crippen MR) is 124 cm³/mol. The summed E-state index contributed by atoms with van der Waals surface area (Å²) in [6.45, 7) is 7.01. The van der Waals surface area contributed by atoms with Gasteiger partial charge in [-0.2, -0.15) is 0 Å². The number of aromatic nitrogens is 2. The molecule has 2 N–H and O–H groups in total. The Morgan fingerprint density at radius 1 is 1.07 bits per heavy atom. The first-order valence-corrected chi connectivity index (χ1v) is 10.9. The van der Waals surface area contributed by atoms with Crippen molar-refractivity contribution in [2.45, 2.75) is 38.9 Å². The van der Waals surface area contributed by atoms with Crippen molar-refractivity contribution in [3.63, 3.8) is 0 Å². The van der Waals surface area contributed by atoms with Crippen LogP contribution >= 0.6 is 0 Å². The van der Waals surface area contributed by atoms with Crippen LogP contribution in [0.15, 0.2) is 59.6 Å². The second-order valence-electron chi connectivity index (χ2n) is 7.98. The van der Waals surface area contributed by atoms with Crippen molar-refractivity contribution in [2.75, 3.05) is 26.7 Å². The van der Waals surface area contributed by atoms with Gasteiger partial charge in [0.2, 0.25) is 0 Å². The quantitative estimate of drug-likeness (QED) is 0.489. The van der Waals surface area contributed by atoms with Crippen LogP contribution in [0.5, 0.6) is 0 Å². The molecule has 2 aromatic carbocycles. The van der Waals surface area contributed by atoms with Crippen molar-refractivity contribution in [3.8, 4) is 0 Å². The van der Waals surface area contributed by atoms with E-state index in [0.717, 1.165) is 62.9 Å².